The van der Waals surface area contributed by atoms with Crippen molar-refractivity contribution in [1.82, 2.24) is 9.97 Å². The Hall–Kier alpha value is -1.90. The first kappa shape index (κ1) is 15.5. The van der Waals surface area contributed by atoms with Gasteiger partial charge >= 0.3 is 0 Å². The lowest BCUT2D eigenvalue weighted by molar-refractivity contribution is 0.539. The average molecular weight is 283 g/mol. The van der Waals surface area contributed by atoms with Crippen LogP contribution in [0, 0.1) is 0 Å². The van der Waals surface area contributed by atoms with Gasteiger partial charge in [0.2, 0.25) is 5.95 Å². The van der Waals surface area contributed by atoms with Crippen LogP contribution in [0.25, 0.3) is 0 Å². The van der Waals surface area contributed by atoms with E-state index < -0.39 is 0 Å². The average Bonchev–Trinajstić information content (AvgIpc) is 2.37. The van der Waals surface area contributed by atoms with E-state index in [1.807, 2.05) is 30.3 Å². The molecule has 0 saturated carbocycles. The van der Waals surface area contributed by atoms with E-state index in [9.17, 15) is 0 Å². The Balaban J connectivity index is 2.45. The third kappa shape index (κ3) is 4.03. The minimum absolute atomic E-state index is 0.00391. The van der Waals surface area contributed by atoms with Crippen LogP contribution >= 0.6 is 0 Å². The molecule has 0 unspecified atom stereocenters. The molecule has 0 bridgehead atoms. The first-order valence-electron chi connectivity index (χ1n) is 7.38. The number of hydrogen-bond acceptors (Lipinski definition) is 3. The van der Waals surface area contributed by atoms with Crippen molar-refractivity contribution < 1.29 is 0 Å². The maximum absolute atomic E-state index is 4.69. The Morgan fingerprint density at radius 1 is 0.762 bits per heavy atom. The molecule has 2 aromatic rings. The monoisotopic (exact) mass is 283 g/mol. The van der Waals surface area contributed by atoms with E-state index in [1.165, 1.54) is 0 Å². The quantitative estimate of drug-likeness (QED) is 0.859. The van der Waals surface area contributed by atoms with Gasteiger partial charge in [0.1, 0.15) is 0 Å². The zero-order valence-electron chi connectivity index (χ0n) is 13.9. The van der Waals surface area contributed by atoms with E-state index in [-0.39, 0.29) is 10.8 Å². The summed E-state index contributed by atoms with van der Waals surface area (Å²) in [6.07, 6.45) is 0. The van der Waals surface area contributed by atoms with Gasteiger partial charge in [-0.3, -0.25) is 0 Å². The molecule has 0 aliphatic heterocycles. The van der Waals surface area contributed by atoms with Gasteiger partial charge in [0.25, 0.3) is 0 Å². The zero-order chi connectivity index (χ0) is 15.7. The van der Waals surface area contributed by atoms with Gasteiger partial charge in [-0.25, -0.2) is 9.97 Å². The molecule has 0 spiro atoms. The van der Waals surface area contributed by atoms with Gasteiger partial charge in [-0.15, -0.1) is 0 Å². The van der Waals surface area contributed by atoms with Crippen molar-refractivity contribution in [2.45, 2.75) is 52.4 Å². The molecule has 0 amide bonds. The molecule has 0 atom stereocenters. The van der Waals surface area contributed by atoms with E-state index in [4.69, 9.17) is 9.97 Å². The number of anilines is 2. The molecule has 2 rings (SSSR count). The van der Waals surface area contributed by atoms with Gasteiger partial charge in [-0.1, -0.05) is 59.7 Å². The summed E-state index contributed by atoms with van der Waals surface area (Å²) in [6.45, 7) is 13.0. The highest BCUT2D eigenvalue weighted by Crippen LogP contribution is 2.28. The number of nitrogens with one attached hydrogen (secondary N) is 1. The van der Waals surface area contributed by atoms with Crippen molar-refractivity contribution in [1.29, 1.82) is 0 Å². The Kier molecular flexibility index (Phi) is 4.04. The maximum atomic E-state index is 4.69. The molecule has 112 valence electrons. The molecule has 1 N–H and O–H groups in total. The molecular weight excluding hydrogens is 258 g/mol. The van der Waals surface area contributed by atoms with E-state index in [0.717, 1.165) is 17.1 Å². The molecule has 3 heteroatoms. The molecule has 0 fully saturated rings. The lowest BCUT2D eigenvalue weighted by Crippen LogP contribution is -2.20. The van der Waals surface area contributed by atoms with Crippen LogP contribution in [-0.4, -0.2) is 9.97 Å². The number of benzene rings is 1. The van der Waals surface area contributed by atoms with Gasteiger partial charge in [0, 0.05) is 16.5 Å². The summed E-state index contributed by atoms with van der Waals surface area (Å²) < 4.78 is 0. The summed E-state index contributed by atoms with van der Waals surface area (Å²) in [5.41, 5.74) is 3.11. The Labute approximate surface area is 127 Å². The van der Waals surface area contributed by atoms with Crippen LogP contribution in [0.4, 0.5) is 11.6 Å². The minimum Gasteiger partial charge on any atom is -0.324 e. The van der Waals surface area contributed by atoms with Crippen molar-refractivity contribution in [3.63, 3.8) is 0 Å². The van der Waals surface area contributed by atoms with Crippen LogP contribution in [0.5, 0.6) is 0 Å². The van der Waals surface area contributed by atoms with Crippen LogP contribution in [0.15, 0.2) is 36.4 Å². The predicted molar refractivity (Wildman–Crippen MR) is 89.2 cm³/mol. The highest BCUT2D eigenvalue weighted by atomic mass is 15.1. The minimum atomic E-state index is -0.00391. The Bertz CT molecular complexity index is 572. The summed E-state index contributed by atoms with van der Waals surface area (Å²) >= 11 is 0. The Morgan fingerprint density at radius 3 is 1.67 bits per heavy atom. The van der Waals surface area contributed by atoms with Crippen molar-refractivity contribution in [2.24, 2.45) is 0 Å². The number of aromatic nitrogens is 2. The number of hydrogen-bond donors (Lipinski definition) is 1. The van der Waals surface area contributed by atoms with Crippen LogP contribution in [0.2, 0.25) is 0 Å². The summed E-state index contributed by atoms with van der Waals surface area (Å²) in [6, 6.07) is 12.2. The molecular formula is C18H25N3. The molecule has 1 aromatic carbocycles. The van der Waals surface area contributed by atoms with Gasteiger partial charge in [0.05, 0.1) is 11.4 Å². The first-order valence-corrected chi connectivity index (χ1v) is 7.38. The summed E-state index contributed by atoms with van der Waals surface area (Å²) in [7, 11) is 0. The SMILES string of the molecule is CC(C)(C)c1cc(C(C)(C)C)nc(Nc2ccccc2)n1. The fourth-order valence-corrected chi connectivity index (χ4v) is 1.92. The third-order valence-corrected chi connectivity index (χ3v) is 3.29. The second-order valence-corrected chi connectivity index (χ2v) is 7.45. The normalized spacial score (nSPS) is 12.3. The molecule has 1 heterocycles. The number of para-hydroxylation sites is 1. The van der Waals surface area contributed by atoms with Gasteiger partial charge in [-0.05, 0) is 18.2 Å². The largest absolute Gasteiger partial charge is 0.324 e. The third-order valence-electron chi connectivity index (χ3n) is 3.29. The maximum Gasteiger partial charge on any atom is 0.227 e. The molecule has 0 aliphatic carbocycles. The zero-order valence-corrected chi connectivity index (χ0v) is 13.9. The second kappa shape index (κ2) is 5.47. The fraction of sp³-hybridized carbons (Fsp3) is 0.444. The summed E-state index contributed by atoms with van der Waals surface area (Å²) in [4.78, 5) is 9.38. The molecule has 0 radical (unpaired) electrons. The smallest absolute Gasteiger partial charge is 0.227 e. The van der Waals surface area contributed by atoms with Crippen molar-refractivity contribution in [3.8, 4) is 0 Å². The fourth-order valence-electron chi connectivity index (χ4n) is 1.92. The molecule has 1 aromatic heterocycles. The summed E-state index contributed by atoms with van der Waals surface area (Å²) in [5, 5.41) is 3.31. The van der Waals surface area contributed by atoms with Crippen LogP contribution in [0.3, 0.4) is 0 Å². The van der Waals surface area contributed by atoms with E-state index >= 15 is 0 Å². The lowest BCUT2D eigenvalue weighted by atomic mass is 9.87. The van der Waals surface area contributed by atoms with Crippen LogP contribution in [-0.2, 0) is 10.8 Å². The van der Waals surface area contributed by atoms with Gasteiger partial charge < -0.3 is 5.32 Å². The summed E-state index contributed by atoms with van der Waals surface area (Å²) in [5.74, 6) is 0.665. The topological polar surface area (TPSA) is 37.8 Å². The highest BCUT2D eigenvalue weighted by molar-refractivity contribution is 5.53. The number of nitrogens with zero attached hydrogens (tertiary/aromatic N) is 2. The standard InChI is InChI=1S/C18H25N3/c1-17(2,3)14-12-15(18(4,5)6)21-16(20-14)19-13-10-8-7-9-11-13/h7-12H,1-6H3,(H,19,20,21). The molecule has 0 aliphatic rings. The highest BCUT2D eigenvalue weighted by Gasteiger charge is 2.23. The Morgan fingerprint density at radius 2 is 1.24 bits per heavy atom. The molecule has 0 saturated heterocycles. The van der Waals surface area contributed by atoms with Crippen molar-refractivity contribution in [3.05, 3.63) is 47.8 Å². The van der Waals surface area contributed by atoms with Gasteiger partial charge in [0.15, 0.2) is 0 Å². The second-order valence-electron chi connectivity index (χ2n) is 7.45. The molecule has 21 heavy (non-hydrogen) atoms. The lowest BCUT2D eigenvalue weighted by Gasteiger charge is -2.24. The number of rotatable bonds is 2. The van der Waals surface area contributed by atoms with Crippen molar-refractivity contribution >= 4 is 11.6 Å². The van der Waals surface area contributed by atoms with E-state index in [2.05, 4.69) is 52.9 Å². The molecule has 3 nitrogen and oxygen atoms in total. The first-order chi connectivity index (χ1) is 9.66. The van der Waals surface area contributed by atoms with E-state index in [0.29, 0.717) is 5.95 Å². The van der Waals surface area contributed by atoms with Crippen LogP contribution < -0.4 is 5.32 Å². The van der Waals surface area contributed by atoms with E-state index in [1.54, 1.807) is 0 Å². The predicted octanol–water partition coefficient (Wildman–Crippen LogP) is 4.82. The van der Waals surface area contributed by atoms with Crippen LogP contribution in [0.1, 0.15) is 52.9 Å². The van der Waals surface area contributed by atoms with Crippen molar-refractivity contribution in [2.75, 3.05) is 5.32 Å². The van der Waals surface area contributed by atoms with Gasteiger partial charge in [-0.2, -0.15) is 0 Å².